The van der Waals surface area contributed by atoms with Gasteiger partial charge in [-0.05, 0) is 49.9 Å². The van der Waals surface area contributed by atoms with E-state index in [1.807, 2.05) is 6.92 Å². The Kier molecular flexibility index (Phi) is 5.63. The number of carbonyl (C=O) groups excluding carboxylic acids is 2. The molecule has 9 nitrogen and oxygen atoms in total. The van der Waals surface area contributed by atoms with Gasteiger partial charge in [0.2, 0.25) is 26.0 Å². The summed E-state index contributed by atoms with van der Waals surface area (Å²) < 4.78 is 53.5. The lowest BCUT2D eigenvalue weighted by atomic mass is 9.95. The Balaban J connectivity index is 1.62. The molecular weight excluding hydrogens is 442 g/mol. The second kappa shape index (κ2) is 7.86. The second-order valence-electron chi connectivity index (χ2n) is 8.53. The summed E-state index contributed by atoms with van der Waals surface area (Å²) in [7, 11) is -7.75. The van der Waals surface area contributed by atoms with Gasteiger partial charge >= 0.3 is 0 Å². The van der Waals surface area contributed by atoms with E-state index in [2.05, 4.69) is 5.32 Å². The predicted molar refractivity (Wildman–Crippen MR) is 113 cm³/mol. The molecule has 4 rings (SSSR count). The molecule has 1 N–H and O–H groups in total. The summed E-state index contributed by atoms with van der Waals surface area (Å²) >= 11 is 0. The maximum atomic E-state index is 13.4. The molecule has 1 aliphatic carbocycles. The molecule has 1 aromatic rings. The molecule has 31 heavy (non-hydrogen) atoms. The van der Waals surface area contributed by atoms with Crippen LogP contribution in [0.25, 0.3) is 0 Å². The highest BCUT2D eigenvalue weighted by Gasteiger charge is 2.58. The fourth-order valence-corrected chi connectivity index (χ4v) is 7.56. The second-order valence-corrected chi connectivity index (χ2v) is 12.3. The van der Waals surface area contributed by atoms with E-state index in [1.165, 1.54) is 28.6 Å². The van der Waals surface area contributed by atoms with Gasteiger partial charge in [-0.1, -0.05) is 13.3 Å². The number of sulfonamides is 2. The Morgan fingerprint density at radius 1 is 1.10 bits per heavy atom. The lowest BCUT2D eigenvalue weighted by molar-refractivity contribution is -0.128. The number of amides is 2. The lowest BCUT2D eigenvalue weighted by Crippen LogP contribution is -2.43. The first-order valence-electron chi connectivity index (χ1n) is 10.5. The Morgan fingerprint density at radius 2 is 1.74 bits per heavy atom. The molecule has 3 fully saturated rings. The third-order valence-corrected chi connectivity index (χ3v) is 9.29. The zero-order valence-electron chi connectivity index (χ0n) is 17.5. The Labute approximate surface area is 182 Å². The predicted octanol–water partition coefficient (Wildman–Crippen LogP) is 0.929. The van der Waals surface area contributed by atoms with Gasteiger partial charge in [-0.3, -0.25) is 9.59 Å². The van der Waals surface area contributed by atoms with E-state index in [9.17, 15) is 26.4 Å². The van der Waals surface area contributed by atoms with Crippen LogP contribution in [0.4, 0.5) is 0 Å². The number of fused-ring (bicyclic) bond motifs is 1. The molecule has 1 aromatic carbocycles. The van der Waals surface area contributed by atoms with Crippen molar-refractivity contribution in [3.05, 3.63) is 29.8 Å². The minimum atomic E-state index is -3.96. The summed E-state index contributed by atoms with van der Waals surface area (Å²) in [6, 6.07) is 4.54. The van der Waals surface area contributed by atoms with Gasteiger partial charge in [0.25, 0.3) is 5.91 Å². The molecule has 0 unspecified atom stereocenters. The van der Waals surface area contributed by atoms with Crippen molar-refractivity contribution < 1.29 is 26.4 Å². The third kappa shape index (κ3) is 3.98. The van der Waals surface area contributed by atoms with Crippen LogP contribution in [0.1, 0.15) is 49.4 Å². The first kappa shape index (κ1) is 22.2. The Bertz CT molecular complexity index is 1100. The standard InChI is InChI=1S/C20H27N3O6S2/c1-3-4-16-18-17(23(20(16)25)30(2,26)27)11-12-22(18)31(28,29)15-9-5-13(6-10-15)19(24)21-14-7-8-14/h5-6,9-10,14,16-18H,3-4,7-8,11-12H2,1-2H3,(H,21,24)/t16-,17+,18-/m1/s1. The van der Waals surface area contributed by atoms with Gasteiger partial charge in [0.05, 0.1) is 29.2 Å². The van der Waals surface area contributed by atoms with E-state index in [1.54, 1.807) is 0 Å². The highest BCUT2D eigenvalue weighted by molar-refractivity contribution is 7.89. The number of rotatable bonds is 7. The summed E-state index contributed by atoms with van der Waals surface area (Å²) in [5, 5.41) is 2.86. The molecule has 0 aromatic heterocycles. The van der Waals surface area contributed by atoms with Gasteiger partial charge in [-0.2, -0.15) is 4.31 Å². The SMILES string of the molecule is CCC[C@H]1C(=O)N(S(C)(=O)=O)[C@H]2CCN(S(=O)(=O)c3ccc(C(=O)NC4CC4)cc3)[C@H]12. The van der Waals surface area contributed by atoms with Crippen LogP contribution in [0, 0.1) is 5.92 Å². The fraction of sp³-hybridized carbons (Fsp3) is 0.600. The van der Waals surface area contributed by atoms with Crippen LogP contribution in [-0.4, -0.2) is 68.2 Å². The summed E-state index contributed by atoms with van der Waals surface area (Å²) in [6.07, 6.45) is 4.22. The summed E-state index contributed by atoms with van der Waals surface area (Å²) in [5.41, 5.74) is 0.383. The quantitative estimate of drug-likeness (QED) is 0.634. The van der Waals surface area contributed by atoms with E-state index in [0.29, 0.717) is 18.4 Å². The number of hydrogen-bond acceptors (Lipinski definition) is 6. The molecule has 11 heteroatoms. The average Bonchev–Trinajstić information content (AvgIpc) is 3.33. The van der Waals surface area contributed by atoms with Gasteiger partial charge in [-0.15, -0.1) is 0 Å². The highest BCUT2D eigenvalue weighted by atomic mass is 32.2. The maximum Gasteiger partial charge on any atom is 0.251 e. The van der Waals surface area contributed by atoms with E-state index >= 15 is 0 Å². The molecule has 3 atom stereocenters. The Morgan fingerprint density at radius 3 is 2.29 bits per heavy atom. The number of nitrogens with one attached hydrogen (secondary N) is 1. The van der Waals surface area contributed by atoms with Crippen LogP contribution < -0.4 is 5.32 Å². The molecule has 2 amide bonds. The van der Waals surface area contributed by atoms with Crippen LogP contribution in [0.15, 0.2) is 29.2 Å². The third-order valence-electron chi connectivity index (χ3n) is 6.21. The topological polar surface area (TPSA) is 121 Å². The molecule has 2 saturated heterocycles. The number of carbonyl (C=O) groups is 2. The normalized spacial score (nSPS) is 26.8. The smallest absolute Gasteiger partial charge is 0.251 e. The highest BCUT2D eigenvalue weighted by Crippen LogP contribution is 2.42. The van der Waals surface area contributed by atoms with Crippen LogP contribution in [0.5, 0.6) is 0 Å². The summed E-state index contributed by atoms with van der Waals surface area (Å²) in [5.74, 6) is -1.45. The minimum absolute atomic E-state index is 0.0247. The molecule has 0 spiro atoms. The monoisotopic (exact) mass is 469 g/mol. The molecule has 0 radical (unpaired) electrons. The molecule has 2 heterocycles. The van der Waals surface area contributed by atoms with E-state index in [0.717, 1.165) is 23.4 Å². The van der Waals surface area contributed by atoms with Crippen molar-refractivity contribution in [2.75, 3.05) is 12.8 Å². The molecule has 170 valence electrons. The van der Waals surface area contributed by atoms with Crippen LogP contribution in [0.2, 0.25) is 0 Å². The maximum absolute atomic E-state index is 13.4. The molecular formula is C20H27N3O6S2. The van der Waals surface area contributed by atoms with Crippen LogP contribution in [0.3, 0.4) is 0 Å². The lowest BCUT2D eigenvalue weighted by Gasteiger charge is -2.26. The van der Waals surface area contributed by atoms with Gasteiger partial charge in [0, 0.05) is 18.2 Å². The van der Waals surface area contributed by atoms with Crippen molar-refractivity contribution in [2.24, 2.45) is 5.92 Å². The Hall–Kier alpha value is -1.98. The van der Waals surface area contributed by atoms with Crippen molar-refractivity contribution in [1.29, 1.82) is 0 Å². The molecule has 3 aliphatic rings. The van der Waals surface area contributed by atoms with Gasteiger partial charge < -0.3 is 5.32 Å². The zero-order chi connectivity index (χ0) is 22.6. The van der Waals surface area contributed by atoms with Gasteiger partial charge in [0.15, 0.2) is 0 Å². The minimum Gasteiger partial charge on any atom is -0.349 e. The van der Waals surface area contributed by atoms with Crippen molar-refractivity contribution in [1.82, 2.24) is 13.9 Å². The number of nitrogens with zero attached hydrogens (tertiary/aromatic N) is 2. The summed E-state index contributed by atoms with van der Waals surface area (Å²) in [6.45, 7) is 2.02. The van der Waals surface area contributed by atoms with Crippen LogP contribution in [-0.2, 0) is 24.8 Å². The largest absolute Gasteiger partial charge is 0.349 e. The molecule has 0 bridgehead atoms. The fourth-order valence-electron chi connectivity index (χ4n) is 4.67. The van der Waals surface area contributed by atoms with Crippen LogP contribution >= 0.6 is 0 Å². The van der Waals surface area contributed by atoms with Crippen molar-refractivity contribution in [2.45, 2.75) is 62.0 Å². The van der Waals surface area contributed by atoms with E-state index < -0.39 is 44.0 Å². The van der Waals surface area contributed by atoms with Crippen molar-refractivity contribution >= 4 is 31.9 Å². The number of hydrogen-bond donors (Lipinski definition) is 1. The molecule has 2 aliphatic heterocycles. The summed E-state index contributed by atoms with van der Waals surface area (Å²) in [4.78, 5) is 25.1. The molecule has 1 saturated carbocycles. The van der Waals surface area contributed by atoms with Crippen molar-refractivity contribution in [3.8, 4) is 0 Å². The zero-order valence-corrected chi connectivity index (χ0v) is 19.2. The van der Waals surface area contributed by atoms with Crippen molar-refractivity contribution in [3.63, 3.8) is 0 Å². The number of benzene rings is 1. The first-order chi connectivity index (χ1) is 14.6. The average molecular weight is 470 g/mol. The van der Waals surface area contributed by atoms with Gasteiger partial charge in [0.1, 0.15) is 0 Å². The first-order valence-corrected chi connectivity index (χ1v) is 13.8. The van der Waals surface area contributed by atoms with Gasteiger partial charge in [-0.25, -0.2) is 21.1 Å². The van der Waals surface area contributed by atoms with E-state index in [4.69, 9.17) is 0 Å². The van der Waals surface area contributed by atoms with E-state index in [-0.39, 0.29) is 29.8 Å².